The molecule has 0 aromatic heterocycles. The summed E-state index contributed by atoms with van der Waals surface area (Å²) in [6.45, 7) is 10.0. The van der Waals surface area contributed by atoms with Crippen LogP contribution in [-0.2, 0) is 11.2 Å². The zero-order chi connectivity index (χ0) is 23.9. The Morgan fingerprint density at radius 3 is 2.68 bits per heavy atom. The number of carbonyl (C=O) groups is 1. The summed E-state index contributed by atoms with van der Waals surface area (Å²) in [6.07, 6.45) is 3.61. The number of carbonyl (C=O) groups excluding carboxylic acids is 1. The molecule has 0 radical (unpaired) electrons. The molecule has 4 aliphatic rings. The molecular formula is C28H35FN2O3. The van der Waals surface area contributed by atoms with Crippen LogP contribution in [0.5, 0.6) is 5.75 Å². The molecule has 2 bridgehead atoms. The van der Waals surface area contributed by atoms with Gasteiger partial charge in [-0.15, -0.1) is 0 Å². The topological polar surface area (TPSA) is 50.8 Å². The number of hydrogen-bond acceptors (Lipinski definition) is 4. The van der Waals surface area contributed by atoms with E-state index in [1.165, 1.54) is 17.7 Å². The van der Waals surface area contributed by atoms with Crippen LogP contribution in [0.3, 0.4) is 0 Å². The molecule has 3 heterocycles. The summed E-state index contributed by atoms with van der Waals surface area (Å²) in [7, 11) is 0. The Morgan fingerprint density at radius 2 is 1.97 bits per heavy atom. The Morgan fingerprint density at radius 1 is 1.18 bits per heavy atom. The maximum Gasteiger partial charge on any atom is 0.407 e. The molecule has 3 aliphatic heterocycles. The Balaban J connectivity index is 1.34. The first-order valence-electron chi connectivity index (χ1n) is 12.6. The lowest BCUT2D eigenvalue weighted by atomic mass is 9.85. The second-order valence-corrected chi connectivity index (χ2v) is 10.7. The van der Waals surface area contributed by atoms with Gasteiger partial charge in [0.1, 0.15) is 17.7 Å². The molecular weight excluding hydrogens is 431 g/mol. The van der Waals surface area contributed by atoms with Gasteiger partial charge in [-0.3, -0.25) is 4.90 Å². The third-order valence-corrected chi connectivity index (χ3v) is 7.71. The van der Waals surface area contributed by atoms with Gasteiger partial charge < -0.3 is 14.8 Å². The summed E-state index contributed by atoms with van der Waals surface area (Å²) < 4.78 is 25.6. The molecule has 3 saturated heterocycles. The molecule has 2 atom stereocenters. The highest BCUT2D eigenvalue weighted by Gasteiger charge is 2.42. The van der Waals surface area contributed by atoms with Crippen LogP contribution in [0, 0.1) is 17.2 Å². The highest BCUT2D eigenvalue weighted by Crippen LogP contribution is 2.47. The Labute approximate surface area is 201 Å². The van der Waals surface area contributed by atoms with Crippen molar-refractivity contribution in [3.8, 4) is 16.9 Å². The average molecular weight is 467 g/mol. The van der Waals surface area contributed by atoms with Crippen LogP contribution >= 0.6 is 0 Å². The van der Waals surface area contributed by atoms with Gasteiger partial charge in [0.2, 0.25) is 0 Å². The Hall–Kier alpha value is -2.60. The number of nitrogens with zero attached hydrogens (tertiary/aromatic N) is 1. The Kier molecular flexibility index (Phi) is 6.28. The van der Waals surface area contributed by atoms with Crippen molar-refractivity contribution in [1.29, 1.82) is 0 Å². The number of fused-ring (bicyclic) bond motifs is 4. The zero-order valence-corrected chi connectivity index (χ0v) is 20.4. The zero-order valence-electron chi connectivity index (χ0n) is 20.4. The van der Waals surface area contributed by atoms with Crippen molar-refractivity contribution >= 4 is 6.09 Å². The molecule has 2 aromatic carbocycles. The fourth-order valence-electron chi connectivity index (χ4n) is 5.89. The van der Waals surface area contributed by atoms with E-state index in [2.05, 4.69) is 36.2 Å². The van der Waals surface area contributed by atoms with Crippen molar-refractivity contribution in [2.75, 3.05) is 26.2 Å². The summed E-state index contributed by atoms with van der Waals surface area (Å²) in [4.78, 5) is 15.3. The standard InChI is InChI=1S/C28H35FN2O3/c1-4-13-33-24-15-21(29)6-8-22(24)19-5-7-23-20(14-19)16-28(2,3)26(23)30-27(32)34-25-17-31-11-9-18(25)10-12-31/h5-8,14-15,18,25-26H,4,9-13,16-17H2,1-3H3,(H,30,32)/t25-,26?/m1/s1. The van der Waals surface area contributed by atoms with Crippen LogP contribution in [0.1, 0.15) is 57.2 Å². The van der Waals surface area contributed by atoms with E-state index < -0.39 is 0 Å². The van der Waals surface area contributed by atoms with Crippen molar-refractivity contribution in [2.45, 2.75) is 58.6 Å². The summed E-state index contributed by atoms with van der Waals surface area (Å²) in [5.41, 5.74) is 4.06. The molecule has 1 amide bonds. The first-order chi connectivity index (χ1) is 16.3. The van der Waals surface area contributed by atoms with Gasteiger partial charge >= 0.3 is 6.09 Å². The number of piperidine rings is 3. The monoisotopic (exact) mass is 466 g/mol. The molecule has 6 heteroatoms. The van der Waals surface area contributed by atoms with E-state index >= 15 is 0 Å². The van der Waals surface area contributed by atoms with E-state index in [0.717, 1.165) is 62.0 Å². The average Bonchev–Trinajstić information content (AvgIpc) is 3.07. The highest BCUT2D eigenvalue weighted by molar-refractivity contribution is 5.73. The predicted molar refractivity (Wildman–Crippen MR) is 130 cm³/mol. The molecule has 5 nitrogen and oxygen atoms in total. The van der Waals surface area contributed by atoms with Gasteiger partial charge in [0, 0.05) is 18.2 Å². The van der Waals surface area contributed by atoms with Crippen LogP contribution < -0.4 is 10.1 Å². The molecule has 0 spiro atoms. The molecule has 182 valence electrons. The fraction of sp³-hybridized carbons (Fsp3) is 0.536. The first-order valence-corrected chi connectivity index (χ1v) is 12.6. The van der Waals surface area contributed by atoms with Crippen LogP contribution in [0.25, 0.3) is 11.1 Å². The van der Waals surface area contributed by atoms with E-state index in [4.69, 9.17) is 9.47 Å². The van der Waals surface area contributed by atoms with Crippen LogP contribution in [0.15, 0.2) is 36.4 Å². The van der Waals surface area contributed by atoms with Crippen LogP contribution in [-0.4, -0.2) is 43.3 Å². The fourth-order valence-corrected chi connectivity index (χ4v) is 5.89. The largest absolute Gasteiger partial charge is 0.493 e. The van der Waals surface area contributed by atoms with Crippen molar-refractivity contribution in [3.05, 3.63) is 53.3 Å². The molecule has 1 aliphatic carbocycles. The van der Waals surface area contributed by atoms with Gasteiger partial charge in [-0.1, -0.05) is 39.0 Å². The number of rotatable bonds is 6. The third kappa shape index (κ3) is 4.52. The molecule has 2 aromatic rings. The lowest BCUT2D eigenvalue weighted by Crippen LogP contribution is -2.53. The lowest BCUT2D eigenvalue weighted by Gasteiger charge is -2.44. The minimum Gasteiger partial charge on any atom is -0.493 e. The lowest BCUT2D eigenvalue weighted by molar-refractivity contribution is -0.0348. The van der Waals surface area contributed by atoms with Gasteiger partial charge in [-0.2, -0.15) is 0 Å². The molecule has 0 saturated carbocycles. The number of ether oxygens (including phenoxy) is 2. The summed E-state index contributed by atoms with van der Waals surface area (Å²) in [5, 5.41) is 3.18. The third-order valence-electron chi connectivity index (χ3n) is 7.71. The highest BCUT2D eigenvalue weighted by atomic mass is 19.1. The number of nitrogens with one attached hydrogen (secondary N) is 1. The van der Waals surface area contributed by atoms with Gasteiger partial charge in [-0.25, -0.2) is 9.18 Å². The van der Waals surface area contributed by atoms with E-state index in [0.29, 0.717) is 18.3 Å². The van der Waals surface area contributed by atoms with Crippen molar-refractivity contribution < 1.29 is 18.7 Å². The van der Waals surface area contributed by atoms with Gasteiger partial charge in [0.05, 0.1) is 12.6 Å². The maximum absolute atomic E-state index is 13.9. The van der Waals surface area contributed by atoms with Crippen molar-refractivity contribution in [2.24, 2.45) is 11.3 Å². The summed E-state index contributed by atoms with van der Waals surface area (Å²) in [6, 6.07) is 10.9. The SMILES string of the molecule is CCCOc1cc(F)ccc1-c1ccc2c(c1)CC(C)(C)C2NC(=O)O[C@@H]1CN2CCC1CC2. The molecule has 6 rings (SSSR count). The van der Waals surface area contributed by atoms with E-state index in [9.17, 15) is 9.18 Å². The second-order valence-electron chi connectivity index (χ2n) is 10.7. The number of hydrogen-bond donors (Lipinski definition) is 1. The molecule has 1 N–H and O–H groups in total. The van der Waals surface area contributed by atoms with E-state index in [1.807, 2.05) is 13.0 Å². The van der Waals surface area contributed by atoms with Gasteiger partial charge in [-0.05, 0) is 78.9 Å². The number of alkyl carbamates (subject to hydrolysis) is 1. The summed E-state index contributed by atoms with van der Waals surface area (Å²) >= 11 is 0. The quantitative estimate of drug-likeness (QED) is 0.591. The van der Waals surface area contributed by atoms with Crippen molar-refractivity contribution in [3.63, 3.8) is 0 Å². The minimum absolute atomic E-state index is 0.00567. The van der Waals surface area contributed by atoms with Gasteiger partial charge in [0.25, 0.3) is 0 Å². The second kappa shape index (κ2) is 9.21. The minimum atomic E-state index is -0.317. The van der Waals surface area contributed by atoms with E-state index in [1.54, 1.807) is 6.07 Å². The molecule has 34 heavy (non-hydrogen) atoms. The normalized spacial score (nSPS) is 26.7. The predicted octanol–water partition coefficient (Wildman–Crippen LogP) is 5.73. The first kappa shape index (κ1) is 23.2. The Bertz CT molecular complexity index is 1060. The van der Waals surface area contributed by atoms with E-state index in [-0.39, 0.29) is 29.5 Å². The molecule has 1 unspecified atom stereocenters. The molecule has 3 fully saturated rings. The van der Waals surface area contributed by atoms with Gasteiger partial charge in [0.15, 0.2) is 0 Å². The number of halogens is 1. The smallest absolute Gasteiger partial charge is 0.407 e. The maximum atomic E-state index is 13.9. The number of benzene rings is 2. The number of amides is 1. The van der Waals surface area contributed by atoms with Crippen LogP contribution in [0.4, 0.5) is 9.18 Å². The van der Waals surface area contributed by atoms with Crippen LogP contribution in [0.2, 0.25) is 0 Å². The van der Waals surface area contributed by atoms with Crippen molar-refractivity contribution in [1.82, 2.24) is 10.2 Å². The summed E-state index contributed by atoms with van der Waals surface area (Å²) in [5.74, 6) is 0.750.